The van der Waals surface area contributed by atoms with E-state index in [9.17, 15) is 9.59 Å². The number of hydrogen-bond acceptors (Lipinski definition) is 5. The summed E-state index contributed by atoms with van der Waals surface area (Å²) >= 11 is 0. The van der Waals surface area contributed by atoms with E-state index in [-0.39, 0.29) is 17.9 Å². The van der Waals surface area contributed by atoms with Gasteiger partial charge in [-0.15, -0.1) is 0 Å². The molecule has 0 radical (unpaired) electrons. The van der Waals surface area contributed by atoms with Crippen molar-refractivity contribution in [2.75, 3.05) is 39.4 Å². The lowest BCUT2D eigenvalue weighted by molar-refractivity contribution is 0.0374. The molecule has 0 spiro atoms. The number of morpholine rings is 1. The molecule has 5 rings (SSSR count). The minimum Gasteiger partial charge on any atom is -0.379 e. The topological polar surface area (TPSA) is 74.8 Å². The van der Waals surface area contributed by atoms with E-state index in [0.717, 1.165) is 75.9 Å². The van der Waals surface area contributed by atoms with Crippen molar-refractivity contribution in [1.29, 1.82) is 0 Å². The van der Waals surface area contributed by atoms with Crippen molar-refractivity contribution < 1.29 is 14.3 Å². The molecule has 1 saturated heterocycles. The molecule has 2 aliphatic heterocycles. The predicted molar refractivity (Wildman–Crippen MR) is 123 cm³/mol. The van der Waals surface area contributed by atoms with Crippen LogP contribution in [0.25, 0.3) is 10.9 Å². The Labute approximate surface area is 189 Å². The lowest BCUT2D eigenvalue weighted by Gasteiger charge is -2.30. The van der Waals surface area contributed by atoms with Gasteiger partial charge in [0.15, 0.2) is 0 Å². The Kier molecular flexibility index (Phi) is 6.37. The molecule has 1 N–H and O–H groups in total. The number of aromatic nitrogens is 1. The van der Waals surface area contributed by atoms with E-state index in [1.807, 2.05) is 29.2 Å². The first-order chi connectivity index (χ1) is 15.7. The fourth-order valence-electron chi connectivity index (χ4n) is 5.33. The van der Waals surface area contributed by atoms with Gasteiger partial charge >= 0.3 is 0 Å². The molecule has 2 fully saturated rings. The number of ether oxygens (including phenoxy) is 1. The maximum atomic E-state index is 13.4. The number of amides is 2. The number of fused-ring (bicyclic) bond motifs is 2. The van der Waals surface area contributed by atoms with Crippen molar-refractivity contribution in [2.45, 2.75) is 51.1 Å². The summed E-state index contributed by atoms with van der Waals surface area (Å²) in [4.78, 5) is 35.6. The molecule has 7 nitrogen and oxygen atoms in total. The second-order valence-corrected chi connectivity index (χ2v) is 9.12. The average Bonchev–Trinajstić information content (AvgIpc) is 3.17. The smallest absolute Gasteiger partial charge is 0.273 e. The molecule has 3 heterocycles. The van der Waals surface area contributed by atoms with Crippen molar-refractivity contribution in [3.8, 4) is 0 Å². The Bertz CT molecular complexity index is 996. The van der Waals surface area contributed by atoms with Crippen LogP contribution in [0.15, 0.2) is 24.3 Å². The van der Waals surface area contributed by atoms with Gasteiger partial charge in [-0.3, -0.25) is 14.5 Å². The zero-order valence-corrected chi connectivity index (χ0v) is 18.6. The van der Waals surface area contributed by atoms with Crippen LogP contribution in [0.5, 0.6) is 0 Å². The van der Waals surface area contributed by atoms with Crippen LogP contribution in [0.3, 0.4) is 0 Å². The number of carbonyl (C=O) groups is 2. The van der Waals surface area contributed by atoms with Crippen molar-refractivity contribution in [2.24, 2.45) is 0 Å². The summed E-state index contributed by atoms with van der Waals surface area (Å²) < 4.78 is 5.40. The third kappa shape index (κ3) is 4.24. The molecule has 1 aromatic carbocycles. The lowest BCUT2D eigenvalue weighted by Crippen LogP contribution is -2.38. The molecule has 2 amide bonds. The number of para-hydroxylation sites is 1. The Hall–Kier alpha value is -2.51. The van der Waals surface area contributed by atoms with Crippen LogP contribution in [-0.4, -0.2) is 72.0 Å². The first kappa shape index (κ1) is 21.3. The Balaban J connectivity index is 1.35. The Morgan fingerprint density at radius 2 is 1.91 bits per heavy atom. The molecule has 0 atom stereocenters. The number of hydrogen-bond donors (Lipinski definition) is 1. The Morgan fingerprint density at radius 3 is 2.72 bits per heavy atom. The van der Waals surface area contributed by atoms with Gasteiger partial charge < -0.3 is 15.0 Å². The van der Waals surface area contributed by atoms with E-state index >= 15 is 0 Å². The standard InChI is InChI=1S/C25H32N4O3/c30-24(26-11-6-12-28-13-15-32-16-14-28)22-19-9-4-5-10-21(19)27-23-20(22)17-29(25(23)31)18-7-2-1-3-8-18/h4-5,9-10,18H,1-3,6-8,11-17H2,(H,26,30). The van der Waals surface area contributed by atoms with E-state index in [1.54, 1.807) is 0 Å². The third-order valence-electron chi connectivity index (χ3n) is 7.07. The number of carbonyl (C=O) groups excluding carboxylic acids is 2. The van der Waals surface area contributed by atoms with Crippen LogP contribution < -0.4 is 5.32 Å². The van der Waals surface area contributed by atoms with Crippen LogP contribution in [-0.2, 0) is 11.3 Å². The van der Waals surface area contributed by atoms with Crippen molar-refractivity contribution >= 4 is 22.7 Å². The van der Waals surface area contributed by atoms with E-state index < -0.39 is 0 Å². The molecule has 32 heavy (non-hydrogen) atoms. The van der Waals surface area contributed by atoms with Crippen molar-refractivity contribution in [3.63, 3.8) is 0 Å². The van der Waals surface area contributed by atoms with E-state index in [2.05, 4.69) is 10.2 Å². The molecular weight excluding hydrogens is 404 g/mol. The molecule has 1 saturated carbocycles. The summed E-state index contributed by atoms with van der Waals surface area (Å²) in [5.74, 6) is -0.112. The second-order valence-electron chi connectivity index (χ2n) is 9.12. The number of pyridine rings is 1. The largest absolute Gasteiger partial charge is 0.379 e. The van der Waals surface area contributed by atoms with Gasteiger partial charge in [-0.1, -0.05) is 37.5 Å². The van der Waals surface area contributed by atoms with Gasteiger partial charge in [0, 0.05) is 43.2 Å². The summed E-state index contributed by atoms with van der Waals surface area (Å²) in [6.45, 7) is 5.53. The Morgan fingerprint density at radius 1 is 1.12 bits per heavy atom. The molecule has 2 aromatic rings. The third-order valence-corrected chi connectivity index (χ3v) is 7.07. The van der Waals surface area contributed by atoms with Crippen molar-refractivity contribution in [1.82, 2.24) is 20.1 Å². The van der Waals surface area contributed by atoms with Gasteiger partial charge in [-0.2, -0.15) is 0 Å². The quantitative estimate of drug-likeness (QED) is 0.705. The van der Waals surface area contributed by atoms with Gasteiger partial charge in [0.25, 0.3) is 11.8 Å². The fraction of sp³-hybridized carbons (Fsp3) is 0.560. The van der Waals surface area contributed by atoms with Gasteiger partial charge in [-0.05, 0) is 31.9 Å². The highest BCUT2D eigenvalue weighted by molar-refractivity contribution is 6.11. The number of benzene rings is 1. The molecule has 1 aromatic heterocycles. The lowest BCUT2D eigenvalue weighted by atomic mass is 9.94. The predicted octanol–water partition coefficient (Wildman–Crippen LogP) is 2.98. The summed E-state index contributed by atoms with van der Waals surface area (Å²) in [7, 11) is 0. The zero-order chi connectivity index (χ0) is 21.9. The highest BCUT2D eigenvalue weighted by atomic mass is 16.5. The maximum absolute atomic E-state index is 13.4. The molecular formula is C25H32N4O3. The molecule has 1 aliphatic carbocycles. The highest BCUT2D eigenvalue weighted by Gasteiger charge is 2.37. The van der Waals surface area contributed by atoms with Crippen LogP contribution >= 0.6 is 0 Å². The van der Waals surface area contributed by atoms with Gasteiger partial charge in [0.1, 0.15) is 5.69 Å². The minimum atomic E-state index is -0.0971. The molecule has 0 bridgehead atoms. The first-order valence-electron chi connectivity index (χ1n) is 12.0. The maximum Gasteiger partial charge on any atom is 0.273 e. The van der Waals surface area contributed by atoms with Crippen LogP contribution in [0.4, 0.5) is 0 Å². The molecule has 7 heteroatoms. The van der Waals surface area contributed by atoms with E-state index in [0.29, 0.717) is 29.9 Å². The molecule has 3 aliphatic rings. The first-order valence-corrected chi connectivity index (χ1v) is 12.0. The number of rotatable bonds is 6. The van der Waals surface area contributed by atoms with E-state index in [1.165, 1.54) is 6.42 Å². The van der Waals surface area contributed by atoms with Gasteiger partial charge in [0.05, 0.1) is 24.3 Å². The van der Waals surface area contributed by atoms with Crippen LogP contribution in [0.1, 0.15) is 64.9 Å². The SMILES string of the molecule is O=C(NCCCN1CCOCC1)c1c2c(nc3ccccc13)C(=O)N(C1CCCCC1)C2. The monoisotopic (exact) mass is 436 g/mol. The minimum absolute atomic E-state index is 0.0148. The zero-order valence-electron chi connectivity index (χ0n) is 18.6. The van der Waals surface area contributed by atoms with Crippen LogP contribution in [0.2, 0.25) is 0 Å². The average molecular weight is 437 g/mol. The summed E-state index contributed by atoms with van der Waals surface area (Å²) in [5, 5.41) is 3.94. The summed E-state index contributed by atoms with van der Waals surface area (Å²) in [6.07, 6.45) is 6.55. The van der Waals surface area contributed by atoms with Crippen molar-refractivity contribution in [3.05, 3.63) is 41.1 Å². The summed E-state index contributed by atoms with van der Waals surface area (Å²) in [6, 6.07) is 7.93. The second kappa shape index (κ2) is 9.55. The van der Waals surface area contributed by atoms with Gasteiger partial charge in [0.2, 0.25) is 0 Å². The molecule has 0 unspecified atom stereocenters. The number of nitrogens with zero attached hydrogens (tertiary/aromatic N) is 3. The number of nitrogens with one attached hydrogen (secondary N) is 1. The van der Waals surface area contributed by atoms with Gasteiger partial charge in [-0.25, -0.2) is 4.98 Å². The molecule has 170 valence electrons. The normalized spacial score (nSPS) is 20.0. The highest BCUT2D eigenvalue weighted by Crippen LogP contribution is 2.34. The van der Waals surface area contributed by atoms with E-state index in [4.69, 9.17) is 9.72 Å². The van der Waals surface area contributed by atoms with Crippen LogP contribution in [0, 0.1) is 0 Å². The fourth-order valence-corrected chi connectivity index (χ4v) is 5.33. The summed E-state index contributed by atoms with van der Waals surface area (Å²) in [5.41, 5.74) is 2.60.